The lowest BCUT2D eigenvalue weighted by molar-refractivity contribution is -0.00882. The van der Waals surface area contributed by atoms with Crippen molar-refractivity contribution in [3.05, 3.63) is 65.2 Å². The Labute approximate surface area is 204 Å². The van der Waals surface area contributed by atoms with Crippen LogP contribution in [0.5, 0.6) is 0 Å². The molecule has 2 saturated heterocycles. The summed E-state index contributed by atoms with van der Waals surface area (Å²) in [7, 11) is -3.79. The highest BCUT2D eigenvalue weighted by atomic mass is 32.2. The lowest BCUT2D eigenvalue weighted by Crippen LogP contribution is -2.55. The SMILES string of the molecule is Cc1ccc(S(=O)(=O)OC2CNCCN2C[C@H]2C[C@H](c3ccc(CN4CCCC4)cc3)C2)cc1. The molecule has 3 aliphatic rings. The second kappa shape index (κ2) is 10.5. The van der Waals surface area contributed by atoms with Crippen LogP contribution in [0.2, 0.25) is 0 Å². The van der Waals surface area contributed by atoms with Gasteiger partial charge in [-0.1, -0.05) is 42.0 Å². The molecule has 7 heteroatoms. The van der Waals surface area contributed by atoms with Crippen LogP contribution in [0.15, 0.2) is 53.4 Å². The highest BCUT2D eigenvalue weighted by Crippen LogP contribution is 2.42. The fourth-order valence-corrected chi connectivity index (χ4v) is 6.58. The molecule has 1 N–H and O–H groups in total. The zero-order valence-electron chi connectivity index (χ0n) is 20.2. The van der Waals surface area contributed by atoms with Gasteiger partial charge in [0.2, 0.25) is 0 Å². The van der Waals surface area contributed by atoms with Crippen LogP contribution in [-0.4, -0.2) is 63.7 Å². The van der Waals surface area contributed by atoms with Gasteiger partial charge in [0.25, 0.3) is 10.1 Å². The van der Waals surface area contributed by atoms with Crippen molar-refractivity contribution in [2.75, 3.05) is 39.3 Å². The molecule has 1 saturated carbocycles. The Kier molecular flexibility index (Phi) is 7.37. The van der Waals surface area contributed by atoms with E-state index in [1.54, 1.807) is 24.3 Å². The van der Waals surface area contributed by atoms with Crippen LogP contribution in [0.1, 0.15) is 48.3 Å². The highest BCUT2D eigenvalue weighted by molar-refractivity contribution is 7.86. The maximum absolute atomic E-state index is 12.8. The van der Waals surface area contributed by atoms with Gasteiger partial charge in [-0.2, -0.15) is 8.42 Å². The maximum Gasteiger partial charge on any atom is 0.298 e. The first-order valence-electron chi connectivity index (χ1n) is 12.7. The predicted octanol–water partition coefficient (Wildman–Crippen LogP) is 3.72. The lowest BCUT2D eigenvalue weighted by atomic mass is 9.71. The van der Waals surface area contributed by atoms with Crippen molar-refractivity contribution in [3.63, 3.8) is 0 Å². The highest BCUT2D eigenvalue weighted by Gasteiger charge is 2.35. The third kappa shape index (κ3) is 5.71. The fourth-order valence-electron chi connectivity index (χ4n) is 5.51. The molecular formula is C27H37N3O3S. The summed E-state index contributed by atoms with van der Waals surface area (Å²) in [4.78, 5) is 4.97. The number of piperazine rings is 1. The molecule has 0 bridgehead atoms. The first kappa shape index (κ1) is 23.9. The number of likely N-dealkylation sites (tertiary alicyclic amines) is 1. The molecular weight excluding hydrogens is 446 g/mol. The van der Waals surface area contributed by atoms with Gasteiger partial charge in [0.1, 0.15) is 6.23 Å². The van der Waals surface area contributed by atoms with E-state index in [1.165, 1.54) is 37.1 Å². The van der Waals surface area contributed by atoms with Crippen LogP contribution in [0.25, 0.3) is 0 Å². The van der Waals surface area contributed by atoms with E-state index < -0.39 is 16.3 Å². The van der Waals surface area contributed by atoms with Gasteiger partial charge in [-0.3, -0.25) is 9.80 Å². The second-order valence-corrected chi connectivity index (χ2v) is 11.8. The Balaban J connectivity index is 1.13. The van der Waals surface area contributed by atoms with Crippen molar-refractivity contribution in [2.24, 2.45) is 5.92 Å². The first-order chi connectivity index (χ1) is 16.5. The van der Waals surface area contributed by atoms with E-state index >= 15 is 0 Å². The molecule has 6 nitrogen and oxygen atoms in total. The summed E-state index contributed by atoms with van der Waals surface area (Å²) in [6.07, 6.45) is 4.53. The first-order valence-corrected chi connectivity index (χ1v) is 14.1. The molecule has 2 aromatic rings. The Hall–Kier alpha value is -1.77. The Morgan fingerprint density at radius 2 is 1.68 bits per heavy atom. The van der Waals surface area contributed by atoms with Crippen molar-refractivity contribution in [1.82, 2.24) is 15.1 Å². The van der Waals surface area contributed by atoms with E-state index in [0.717, 1.165) is 44.6 Å². The van der Waals surface area contributed by atoms with Gasteiger partial charge in [0, 0.05) is 32.7 Å². The summed E-state index contributed by atoms with van der Waals surface area (Å²) in [5.74, 6) is 1.20. The van der Waals surface area contributed by atoms with Gasteiger partial charge in [0.05, 0.1) is 4.90 Å². The molecule has 34 heavy (non-hydrogen) atoms. The number of nitrogens with zero attached hydrogens (tertiary/aromatic N) is 2. The Morgan fingerprint density at radius 1 is 0.971 bits per heavy atom. The van der Waals surface area contributed by atoms with E-state index in [4.69, 9.17) is 4.18 Å². The fraction of sp³-hybridized carbons (Fsp3) is 0.556. The van der Waals surface area contributed by atoms with Crippen LogP contribution in [-0.2, 0) is 20.8 Å². The van der Waals surface area contributed by atoms with Crippen LogP contribution in [0.4, 0.5) is 0 Å². The third-order valence-electron chi connectivity index (χ3n) is 7.63. The van der Waals surface area contributed by atoms with Crippen LogP contribution >= 0.6 is 0 Å². The zero-order valence-corrected chi connectivity index (χ0v) is 21.0. The molecule has 2 aliphatic heterocycles. The minimum Gasteiger partial charge on any atom is -0.312 e. The molecule has 5 rings (SSSR count). The molecule has 1 aliphatic carbocycles. The van der Waals surface area contributed by atoms with Crippen molar-refractivity contribution < 1.29 is 12.6 Å². The lowest BCUT2D eigenvalue weighted by Gasteiger charge is -2.42. The summed E-state index contributed by atoms with van der Waals surface area (Å²) in [5.41, 5.74) is 3.88. The molecule has 184 valence electrons. The van der Waals surface area contributed by atoms with Crippen molar-refractivity contribution in [2.45, 2.75) is 56.2 Å². The smallest absolute Gasteiger partial charge is 0.298 e. The van der Waals surface area contributed by atoms with Gasteiger partial charge >= 0.3 is 0 Å². The third-order valence-corrected chi connectivity index (χ3v) is 8.96. The molecule has 0 aromatic heterocycles. The van der Waals surface area contributed by atoms with E-state index in [9.17, 15) is 8.42 Å². The van der Waals surface area contributed by atoms with Crippen LogP contribution < -0.4 is 5.32 Å². The van der Waals surface area contributed by atoms with Gasteiger partial charge in [-0.15, -0.1) is 0 Å². The quantitative estimate of drug-likeness (QED) is 0.578. The second-order valence-electron chi connectivity index (χ2n) is 10.3. The zero-order chi connectivity index (χ0) is 23.5. The normalized spacial score (nSPS) is 26.4. The average Bonchev–Trinajstić information content (AvgIpc) is 3.31. The maximum atomic E-state index is 12.8. The van der Waals surface area contributed by atoms with E-state index in [1.807, 2.05) is 6.92 Å². The van der Waals surface area contributed by atoms with Crippen molar-refractivity contribution in [1.29, 1.82) is 0 Å². The Morgan fingerprint density at radius 3 is 2.38 bits per heavy atom. The summed E-state index contributed by atoms with van der Waals surface area (Å²) in [6, 6.07) is 16.1. The molecule has 0 amide bonds. The minimum atomic E-state index is -3.79. The standard InChI is InChI=1S/C27H37N3O3S/c1-21-4-10-26(11-5-21)34(31,32)33-27-18-28-12-15-30(27)20-23-16-25(17-23)24-8-6-22(7-9-24)19-29-13-2-3-14-29/h4-11,23,25,27-28H,2-3,12-20H2,1H3/t23-,25-,27?. The van der Waals surface area contributed by atoms with Gasteiger partial charge in [0.15, 0.2) is 0 Å². The molecule has 2 heterocycles. The topological polar surface area (TPSA) is 61.9 Å². The molecule has 2 aromatic carbocycles. The number of hydrogen-bond donors (Lipinski definition) is 1. The van der Waals surface area contributed by atoms with Crippen molar-refractivity contribution in [3.8, 4) is 0 Å². The van der Waals surface area contributed by atoms with Crippen molar-refractivity contribution >= 4 is 10.1 Å². The molecule has 0 spiro atoms. The number of nitrogens with one attached hydrogen (secondary N) is 1. The van der Waals surface area contributed by atoms with Gasteiger partial charge < -0.3 is 5.32 Å². The van der Waals surface area contributed by atoms with Crippen LogP contribution in [0.3, 0.4) is 0 Å². The predicted molar refractivity (Wildman–Crippen MR) is 134 cm³/mol. The number of rotatable bonds is 8. The molecule has 1 atom stereocenters. The van der Waals surface area contributed by atoms with Crippen LogP contribution in [0, 0.1) is 12.8 Å². The summed E-state index contributed by atoms with van der Waals surface area (Å²) >= 11 is 0. The summed E-state index contributed by atoms with van der Waals surface area (Å²) in [5, 5.41) is 3.29. The molecule has 0 radical (unpaired) electrons. The largest absolute Gasteiger partial charge is 0.312 e. The molecule has 3 fully saturated rings. The summed E-state index contributed by atoms with van der Waals surface area (Å²) in [6.45, 7) is 8.56. The van der Waals surface area contributed by atoms with E-state index in [2.05, 4.69) is 39.4 Å². The summed E-state index contributed by atoms with van der Waals surface area (Å²) < 4.78 is 31.3. The number of aryl methyl sites for hydroxylation is 1. The van der Waals surface area contributed by atoms with Gasteiger partial charge in [-0.25, -0.2) is 4.18 Å². The number of hydrogen-bond acceptors (Lipinski definition) is 6. The molecule has 1 unspecified atom stereocenters. The van der Waals surface area contributed by atoms with Gasteiger partial charge in [-0.05, 0) is 80.8 Å². The minimum absolute atomic E-state index is 0.223. The average molecular weight is 484 g/mol. The Bertz CT molecular complexity index is 1040. The monoisotopic (exact) mass is 483 g/mol. The van der Waals surface area contributed by atoms with E-state index in [-0.39, 0.29) is 4.90 Å². The number of benzene rings is 2. The van der Waals surface area contributed by atoms with E-state index in [0.29, 0.717) is 18.4 Å².